The summed E-state index contributed by atoms with van der Waals surface area (Å²) >= 11 is 0. The van der Waals surface area contributed by atoms with E-state index in [1.54, 1.807) is 0 Å². The monoisotopic (exact) mass is 364 g/mol. The number of likely N-dealkylation sites (tertiary alicyclic amines) is 1. The van der Waals surface area contributed by atoms with Gasteiger partial charge in [0.2, 0.25) is 0 Å². The molecule has 0 unspecified atom stereocenters. The van der Waals surface area contributed by atoms with Crippen LogP contribution in [0.4, 0.5) is 14.5 Å². The van der Waals surface area contributed by atoms with Gasteiger partial charge in [0.25, 0.3) is 5.91 Å². The zero-order valence-electron chi connectivity index (χ0n) is 15.1. The molecule has 1 fully saturated rings. The van der Waals surface area contributed by atoms with E-state index in [4.69, 9.17) is 4.74 Å². The van der Waals surface area contributed by atoms with E-state index in [0.29, 0.717) is 32.0 Å². The van der Waals surface area contributed by atoms with E-state index in [9.17, 15) is 18.4 Å². The average molecular weight is 364 g/mol. The highest BCUT2D eigenvalue weighted by molar-refractivity contribution is 6.12. The van der Waals surface area contributed by atoms with Gasteiger partial charge in [-0.3, -0.25) is 4.79 Å². The van der Waals surface area contributed by atoms with Crippen LogP contribution in [0.5, 0.6) is 0 Å². The van der Waals surface area contributed by atoms with E-state index >= 15 is 0 Å². The highest BCUT2D eigenvalue weighted by Crippen LogP contribution is 2.41. The Kier molecular flexibility index (Phi) is 4.84. The maximum absolute atomic E-state index is 13.9. The normalized spacial score (nSPS) is 20.0. The number of nitrogens with zero attached hydrogens (tertiary/aromatic N) is 1. The molecule has 1 saturated heterocycles. The number of hydrogen-bond donors (Lipinski definition) is 1. The average Bonchev–Trinajstić information content (AvgIpc) is 2.81. The zero-order valence-corrected chi connectivity index (χ0v) is 15.1. The molecule has 7 heteroatoms. The molecule has 5 nitrogen and oxygen atoms in total. The molecule has 0 aromatic heterocycles. The molecule has 140 valence electrons. The topological polar surface area (TPSA) is 58.6 Å². The van der Waals surface area contributed by atoms with Crippen molar-refractivity contribution in [2.45, 2.75) is 45.3 Å². The van der Waals surface area contributed by atoms with Gasteiger partial charge in [0.15, 0.2) is 0 Å². The fourth-order valence-electron chi connectivity index (χ4n) is 3.66. The summed E-state index contributed by atoms with van der Waals surface area (Å²) < 4.78 is 32.8. The standard InChI is InChI=1S/C19H22F2N2O3/c1-11(2)23-8-6-19(7-9-23)16(12(3)18(25)26-19)17(24)22-15-10-13(20)4-5-14(15)21/h4-5,10-11H,6-9H2,1-3H3,(H,22,24). The molecule has 1 aromatic rings. The van der Waals surface area contributed by atoms with E-state index < -0.39 is 29.1 Å². The minimum absolute atomic E-state index is 0.217. The first-order valence-corrected chi connectivity index (χ1v) is 8.68. The lowest BCUT2D eigenvalue weighted by molar-refractivity contribution is -0.151. The maximum Gasteiger partial charge on any atom is 0.335 e. The molecule has 0 atom stereocenters. The van der Waals surface area contributed by atoms with Gasteiger partial charge in [-0.15, -0.1) is 0 Å². The van der Waals surface area contributed by atoms with Crippen LogP contribution in [-0.2, 0) is 14.3 Å². The third-order valence-electron chi connectivity index (χ3n) is 5.16. The van der Waals surface area contributed by atoms with Crippen LogP contribution in [0.15, 0.2) is 29.3 Å². The van der Waals surface area contributed by atoms with Crippen LogP contribution in [0, 0.1) is 11.6 Å². The largest absolute Gasteiger partial charge is 0.450 e. The molecule has 0 radical (unpaired) electrons. The third-order valence-corrected chi connectivity index (χ3v) is 5.16. The van der Waals surface area contributed by atoms with Crippen LogP contribution in [-0.4, -0.2) is 41.5 Å². The first kappa shape index (κ1) is 18.5. The summed E-state index contributed by atoms with van der Waals surface area (Å²) in [5, 5.41) is 2.39. The maximum atomic E-state index is 13.9. The molecule has 1 amide bonds. The van der Waals surface area contributed by atoms with Gasteiger partial charge in [-0.1, -0.05) is 0 Å². The lowest BCUT2D eigenvalue weighted by Crippen LogP contribution is -2.49. The number of anilines is 1. The molecule has 1 N–H and O–H groups in total. The molecule has 3 rings (SSSR count). The lowest BCUT2D eigenvalue weighted by atomic mass is 9.82. The summed E-state index contributed by atoms with van der Waals surface area (Å²) in [6.45, 7) is 7.07. The number of benzene rings is 1. The number of nitrogens with one attached hydrogen (secondary N) is 1. The SMILES string of the molecule is CC1=C(C(=O)Nc2cc(F)ccc2F)C2(CCN(C(C)C)CC2)OC1=O. The van der Waals surface area contributed by atoms with Gasteiger partial charge >= 0.3 is 5.97 Å². The second-order valence-electron chi connectivity index (χ2n) is 7.09. The van der Waals surface area contributed by atoms with E-state index in [1.807, 2.05) is 0 Å². The summed E-state index contributed by atoms with van der Waals surface area (Å²) in [5.74, 6) is -2.57. The Morgan fingerprint density at radius 2 is 1.92 bits per heavy atom. The molecule has 2 heterocycles. The number of amides is 1. The van der Waals surface area contributed by atoms with E-state index in [2.05, 4.69) is 24.1 Å². The Balaban J connectivity index is 1.87. The third kappa shape index (κ3) is 3.23. The number of esters is 1. The molecule has 0 bridgehead atoms. The highest BCUT2D eigenvalue weighted by Gasteiger charge is 2.51. The molecule has 26 heavy (non-hydrogen) atoms. The van der Waals surface area contributed by atoms with Crippen molar-refractivity contribution in [3.05, 3.63) is 41.0 Å². The predicted molar refractivity (Wildman–Crippen MR) is 92.5 cm³/mol. The van der Waals surface area contributed by atoms with Crippen molar-refractivity contribution in [3.63, 3.8) is 0 Å². The molecule has 0 saturated carbocycles. The lowest BCUT2D eigenvalue weighted by Gasteiger charge is -2.40. The second kappa shape index (κ2) is 6.79. The molecule has 1 aromatic carbocycles. The Bertz CT molecular complexity index is 781. The first-order chi connectivity index (χ1) is 12.2. The van der Waals surface area contributed by atoms with Crippen LogP contribution in [0.25, 0.3) is 0 Å². The number of hydrogen-bond acceptors (Lipinski definition) is 4. The minimum Gasteiger partial charge on any atom is -0.450 e. The Morgan fingerprint density at radius 1 is 1.27 bits per heavy atom. The molecular formula is C19H22F2N2O3. The van der Waals surface area contributed by atoms with Crippen molar-refractivity contribution in [1.82, 2.24) is 4.90 Å². The molecule has 0 aliphatic carbocycles. The predicted octanol–water partition coefficient (Wildman–Crippen LogP) is 3.02. The number of carbonyl (C=O) groups excluding carboxylic acids is 2. The summed E-state index contributed by atoms with van der Waals surface area (Å²) in [6.07, 6.45) is 0.977. The fraction of sp³-hybridized carbons (Fsp3) is 0.474. The molecule has 2 aliphatic heterocycles. The van der Waals surface area contributed by atoms with Gasteiger partial charge < -0.3 is 15.0 Å². The second-order valence-corrected chi connectivity index (χ2v) is 7.09. The Labute approximate surface area is 151 Å². The van der Waals surface area contributed by atoms with Gasteiger partial charge in [0, 0.05) is 43.6 Å². The van der Waals surface area contributed by atoms with Crippen molar-refractivity contribution in [2.24, 2.45) is 0 Å². The van der Waals surface area contributed by atoms with Crippen LogP contribution < -0.4 is 5.32 Å². The fourth-order valence-corrected chi connectivity index (χ4v) is 3.66. The molecule has 2 aliphatic rings. The van der Waals surface area contributed by atoms with Gasteiger partial charge in [0.05, 0.1) is 11.3 Å². The molecular weight excluding hydrogens is 342 g/mol. The van der Waals surface area contributed by atoms with Crippen LogP contribution in [0.3, 0.4) is 0 Å². The van der Waals surface area contributed by atoms with Crippen LogP contribution in [0.2, 0.25) is 0 Å². The number of piperidine rings is 1. The van der Waals surface area contributed by atoms with Crippen LogP contribution in [0.1, 0.15) is 33.6 Å². The Morgan fingerprint density at radius 3 is 2.54 bits per heavy atom. The smallest absolute Gasteiger partial charge is 0.335 e. The summed E-state index contributed by atoms with van der Waals surface area (Å²) in [7, 11) is 0. The number of carbonyl (C=O) groups is 2. The van der Waals surface area contributed by atoms with Gasteiger partial charge in [-0.2, -0.15) is 0 Å². The Hall–Kier alpha value is -2.28. The molecule has 1 spiro atoms. The number of halogens is 2. The summed E-state index contributed by atoms with van der Waals surface area (Å²) in [6, 6.07) is 3.18. The first-order valence-electron chi connectivity index (χ1n) is 8.68. The summed E-state index contributed by atoms with van der Waals surface area (Å²) in [5.41, 5.74) is -0.822. The van der Waals surface area contributed by atoms with Gasteiger partial charge in [0.1, 0.15) is 17.2 Å². The van der Waals surface area contributed by atoms with E-state index in [1.165, 1.54) is 6.92 Å². The van der Waals surface area contributed by atoms with Crippen molar-refractivity contribution in [2.75, 3.05) is 18.4 Å². The van der Waals surface area contributed by atoms with Crippen molar-refractivity contribution in [3.8, 4) is 0 Å². The van der Waals surface area contributed by atoms with E-state index in [0.717, 1.165) is 18.2 Å². The zero-order chi connectivity index (χ0) is 19.1. The van der Waals surface area contributed by atoms with Crippen molar-refractivity contribution < 1.29 is 23.1 Å². The minimum atomic E-state index is -1.000. The van der Waals surface area contributed by atoms with Crippen LogP contribution >= 0.6 is 0 Å². The van der Waals surface area contributed by atoms with E-state index in [-0.39, 0.29) is 16.8 Å². The number of ether oxygens (including phenoxy) is 1. The van der Waals surface area contributed by atoms with Gasteiger partial charge in [-0.05, 0) is 32.9 Å². The summed E-state index contributed by atoms with van der Waals surface area (Å²) in [4.78, 5) is 27.2. The van der Waals surface area contributed by atoms with Gasteiger partial charge in [-0.25, -0.2) is 13.6 Å². The van der Waals surface area contributed by atoms with Crippen molar-refractivity contribution in [1.29, 1.82) is 0 Å². The quantitative estimate of drug-likeness (QED) is 0.838. The van der Waals surface area contributed by atoms with Crippen molar-refractivity contribution >= 4 is 17.6 Å². The highest BCUT2D eigenvalue weighted by atomic mass is 19.1. The number of rotatable bonds is 3.